The van der Waals surface area contributed by atoms with Gasteiger partial charge in [-0.1, -0.05) is 18.2 Å². The largest absolute Gasteiger partial charge is 0.496 e. The highest BCUT2D eigenvalue weighted by Crippen LogP contribution is 2.47. The molecule has 0 radical (unpaired) electrons. The lowest BCUT2D eigenvalue weighted by molar-refractivity contribution is -0.150. The average Bonchev–Trinajstić information content (AvgIpc) is 3.59. The summed E-state index contributed by atoms with van der Waals surface area (Å²) >= 11 is 0. The number of esters is 1. The highest BCUT2D eigenvalue weighted by molar-refractivity contribution is 5.95. The fourth-order valence-electron chi connectivity index (χ4n) is 7.13. The average molecular weight is 641 g/mol. The Morgan fingerprint density at radius 1 is 1.04 bits per heavy atom. The molecule has 2 amide bonds. The number of allylic oxidation sites excluding steroid dienone is 1. The number of nitrogens with one attached hydrogen (secondary N) is 1. The molecule has 10 nitrogen and oxygen atoms in total. The molecule has 1 aromatic carbocycles. The van der Waals surface area contributed by atoms with Crippen molar-refractivity contribution in [2.45, 2.75) is 70.9 Å². The number of benzene rings is 1. The van der Waals surface area contributed by atoms with Crippen LogP contribution in [0.5, 0.6) is 11.5 Å². The van der Waals surface area contributed by atoms with E-state index in [4.69, 9.17) is 24.2 Å². The Kier molecular flexibility index (Phi) is 9.21. The first-order valence-electron chi connectivity index (χ1n) is 16.6. The topological polar surface area (TPSA) is 120 Å². The fourth-order valence-corrected chi connectivity index (χ4v) is 7.13. The summed E-state index contributed by atoms with van der Waals surface area (Å²) in [6.45, 7) is 6.50. The highest BCUT2D eigenvalue weighted by Gasteiger charge is 2.62. The molecule has 47 heavy (non-hydrogen) atoms. The lowest BCUT2D eigenvalue weighted by Crippen LogP contribution is -2.50. The van der Waals surface area contributed by atoms with Crippen LogP contribution in [0, 0.1) is 31.6 Å². The zero-order valence-corrected chi connectivity index (χ0v) is 27.9. The lowest BCUT2D eigenvalue weighted by atomic mass is 9.93. The molecule has 6 rings (SSSR count). The van der Waals surface area contributed by atoms with Gasteiger partial charge in [0.2, 0.25) is 11.8 Å². The van der Waals surface area contributed by atoms with Gasteiger partial charge in [0.25, 0.3) is 0 Å². The van der Waals surface area contributed by atoms with Crippen molar-refractivity contribution in [1.29, 1.82) is 0 Å². The van der Waals surface area contributed by atoms with Crippen LogP contribution in [0.4, 0.5) is 0 Å². The molecule has 3 aromatic rings. The van der Waals surface area contributed by atoms with Gasteiger partial charge in [-0.25, -0.2) is 9.78 Å². The van der Waals surface area contributed by atoms with Gasteiger partial charge in [-0.3, -0.25) is 14.6 Å². The van der Waals surface area contributed by atoms with Crippen molar-refractivity contribution in [3.8, 4) is 22.9 Å². The molecule has 2 saturated carbocycles. The summed E-state index contributed by atoms with van der Waals surface area (Å²) in [4.78, 5) is 52.5. The number of ether oxygens (including phenoxy) is 3. The maximum atomic E-state index is 14.1. The molecule has 1 aliphatic heterocycles. The number of methoxy groups -OCH3 is 1. The summed E-state index contributed by atoms with van der Waals surface area (Å²) in [5.74, 6) is -0.881. The standard InChI is InChI=1S/C37H44N4O6/c1-6-46-36(44)37-21-24(37)13-9-7-8-10-17-41(4)35(43)28-19-25(18-27(28)34(42)40-37)47-32-20-30(29-14-11-12-22(2)38-29)39-33-23(3)31(45-5)16-15-26(32)33/h9,11-16,20,24-25,27-28H,6-8,10,17-19,21H2,1-5H3,(H,40,42)/b13-9-/t24-,25-,27-,28-,37-/m1/s1. The smallest absolute Gasteiger partial charge is 0.332 e. The molecule has 2 aromatic heterocycles. The fraction of sp³-hybridized carbons (Fsp3) is 0.486. The van der Waals surface area contributed by atoms with E-state index in [-0.39, 0.29) is 24.3 Å². The second-order valence-corrected chi connectivity index (χ2v) is 13.1. The van der Waals surface area contributed by atoms with Crippen molar-refractivity contribution in [2.75, 3.05) is 27.3 Å². The van der Waals surface area contributed by atoms with Gasteiger partial charge in [0, 0.05) is 42.2 Å². The van der Waals surface area contributed by atoms with Crippen LogP contribution in [0.1, 0.15) is 56.7 Å². The third kappa shape index (κ3) is 6.42. The zero-order valence-electron chi connectivity index (χ0n) is 27.9. The Hall–Kier alpha value is -4.47. The van der Waals surface area contributed by atoms with E-state index in [9.17, 15) is 14.4 Å². The van der Waals surface area contributed by atoms with Crippen molar-refractivity contribution in [2.24, 2.45) is 17.8 Å². The third-order valence-corrected chi connectivity index (χ3v) is 9.84. The van der Waals surface area contributed by atoms with Crippen molar-refractivity contribution in [3.05, 3.63) is 59.8 Å². The molecular weight excluding hydrogens is 596 g/mol. The number of aromatic nitrogens is 2. The molecule has 1 N–H and O–H groups in total. The van der Waals surface area contributed by atoms with Crippen LogP contribution < -0.4 is 14.8 Å². The number of pyridine rings is 2. The number of carbonyl (C=O) groups is 3. The quantitative estimate of drug-likeness (QED) is 0.284. The van der Waals surface area contributed by atoms with Gasteiger partial charge >= 0.3 is 5.97 Å². The molecule has 5 atom stereocenters. The third-order valence-electron chi connectivity index (χ3n) is 9.84. The Bertz CT molecular complexity index is 1720. The number of hydrogen-bond acceptors (Lipinski definition) is 8. The minimum atomic E-state index is -1.10. The van der Waals surface area contributed by atoms with Gasteiger partial charge in [-0.2, -0.15) is 0 Å². The van der Waals surface area contributed by atoms with Gasteiger partial charge in [-0.05, 0) is 83.6 Å². The first kappa shape index (κ1) is 32.5. The monoisotopic (exact) mass is 640 g/mol. The molecule has 2 aliphatic carbocycles. The predicted molar refractivity (Wildman–Crippen MR) is 178 cm³/mol. The number of carbonyl (C=O) groups excluding carboxylic acids is 3. The van der Waals surface area contributed by atoms with Crippen molar-refractivity contribution < 1.29 is 28.6 Å². The lowest BCUT2D eigenvalue weighted by Gasteiger charge is -2.26. The molecule has 3 aliphatic rings. The molecule has 0 spiro atoms. The van der Waals surface area contributed by atoms with Gasteiger partial charge in [0.15, 0.2) is 0 Å². The summed E-state index contributed by atoms with van der Waals surface area (Å²) < 4.78 is 17.8. The number of nitrogens with zero attached hydrogens (tertiary/aromatic N) is 3. The van der Waals surface area contributed by atoms with Crippen LogP contribution in [0.25, 0.3) is 22.3 Å². The van der Waals surface area contributed by atoms with Crippen LogP contribution in [0.2, 0.25) is 0 Å². The maximum Gasteiger partial charge on any atom is 0.332 e. The minimum absolute atomic E-state index is 0.0776. The van der Waals surface area contributed by atoms with Crippen molar-refractivity contribution >= 4 is 28.7 Å². The van der Waals surface area contributed by atoms with Gasteiger partial charge in [-0.15, -0.1) is 0 Å². The van der Waals surface area contributed by atoms with Gasteiger partial charge < -0.3 is 24.4 Å². The summed E-state index contributed by atoms with van der Waals surface area (Å²) in [6, 6.07) is 11.5. The number of hydrogen-bond donors (Lipinski definition) is 1. The number of fused-ring (bicyclic) bond motifs is 3. The van der Waals surface area contributed by atoms with E-state index in [1.54, 1.807) is 26.0 Å². The summed E-state index contributed by atoms with van der Waals surface area (Å²) in [5.41, 5.74) is 2.74. The first-order chi connectivity index (χ1) is 22.6. The Morgan fingerprint density at radius 3 is 2.62 bits per heavy atom. The van der Waals surface area contributed by atoms with Crippen LogP contribution in [0.15, 0.2) is 48.6 Å². The van der Waals surface area contributed by atoms with E-state index < -0.39 is 29.4 Å². The molecule has 10 heteroatoms. The van der Waals surface area contributed by atoms with Crippen LogP contribution in [-0.4, -0.2) is 71.6 Å². The second kappa shape index (κ2) is 13.3. The summed E-state index contributed by atoms with van der Waals surface area (Å²) in [6.07, 6.45) is 7.48. The molecule has 0 unspecified atom stereocenters. The van der Waals surface area contributed by atoms with Crippen molar-refractivity contribution in [3.63, 3.8) is 0 Å². The minimum Gasteiger partial charge on any atom is -0.496 e. The van der Waals surface area contributed by atoms with E-state index in [2.05, 4.69) is 11.4 Å². The predicted octanol–water partition coefficient (Wildman–Crippen LogP) is 5.33. The molecular formula is C37H44N4O6. The number of rotatable bonds is 6. The number of amides is 2. The van der Waals surface area contributed by atoms with E-state index in [0.717, 1.165) is 41.4 Å². The summed E-state index contributed by atoms with van der Waals surface area (Å²) in [5, 5.41) is 3.87. The zero-order chi connectivity index (χ0) is 33.3. The van der Waals surface area contributed by atoms with Crippen LogP contribution in [0.3, 0.4) is 0 Å². The maximum absolute atomic E-state index is 14.1. The van der Waals surface area contributed by atoms with Crippen LogP contribution >= 0.6 is 0 Å². The molecule has 248 valence electrons. The molecule has 3 heterocycles. The van der Waals surface area contributed by atoms with E-state index in [0.29, 0.717) is 48.7 Å². The Labute approximate surface area is 275 Å². The SMILES string of the molecule is CCOC(=O)[C@@]12C[C@H]1/C=C\CCCCN(C)C(=O)[C@@H]1C[C@H](Oc3cc(-c4cccc(C)n4)nc4c(C)c(OC)ccc34)C[C@H]1C(=O)N2. The molecule has 0 saturated heterocycles. The Morgan fingerprint density at radius 2 is 1.85 bits per heavy atom. The van der Waals surface area contributed by atoms with E-state index in [1.807, 2.05) is 56.3 Å². The molecule has 2 fully saturated rings. The van der Waals surface area contributed by atoms with Crippen LogP contribution in [-0.2, 0) is 19.1 Å². The van der Waals surface area contributed by atoms with E-state index in [1.165, 1.54) is 0 Å². The number of aryl methyl sites for hydroxylation is 2. The normalized spacial score (nSPS) is 26.9. The van der Waals surface area contributed by atoms with Gasteiger partial charge in [0.05, 0.1) is 42.5 Å². The highest BCUT2D eigenvalue weighted by atomic mass is 16.5. The Balaban J connectivity index is 1.35. The first-order valence-corrected chi connectivity index (χ1v) is 16.6. The molecule has 0 bridgehead atoms. The van der Waals surface area contributed by atoms with Crippen molar-refractivity contribution in [1.82, 2.24) is 20.2 Å². The summed E-state index contributed by atoms with van der Waals surface area (Å²) in [7, 11) is 3.43. The second-order valence-electron chi connectivity index (χ2n) is 13.1. The van der Waals surface area contributed by atoms with Gasteiger partial charge in [0.1, 0.15) is 23.1 Å². The van der Waals surface area contributed by atoms with E-state index >= 15 is 0 Å².